The average molecular weight is 400 g/mol. The number of aromatic nitrogens is 1. The van der Waals surface area contributed by atoms with Gasteiger partial charge in [0.1, 0.15) is 10.3 Å². The molecule has 3 rings (SSSR count). The Morgan fingerprint density at radius 1 is 0.842 bits per heavy atom. The van der Waals surface area contributed by atoms with E-state index in [1.165, 1.54) is 0 Å². The van der Waals surface area contributed by atoms with Crippen LogP contribution in [0.5, 0.6) is 0 Å². The molecule has 2 aromatic carbocycles. The quantitative estimate of drug-likeness (QED) is 0.371. The Hall–Kier alpha value is -0.840. The molecule has 19 heavy (non-hydrogen) atoms. The zero-order valence-corrected chi connectivity index (χ0v) is 13.4. The van der Waals surface area contributed by atoms with Crippen LogP contribution in [-0.4, -0.2) is 4.98 Å². The monoisotopic (exact) mass is 399 g/mol. The highest BCUT2D eigenvalue weighted by Crippen LogP contribution is 2.37. The molecule has 0 N–H and O–H groups in total. The van der Waals surface area contributed by atoms with Crippen LogP contribution in [0.2, 0.25) is 10.3 Å². The third-order valence-electron chi connectivity index (χ3n) is 2.97. The third-order valence-corrected chi connectivity index (χ3v) is 4.93. The van der Waals surface area contributed by atoms with Crippen molar-refractivity contribution in [2.45, 2.75) is 0 Å². The van der Waals surface area contributed by atoms with Gasteiger partial charge >= 0.3 is 0 Å². The lowest BCUT2D eigenvalue weighted by Gasteiger charge is -2.10. The maximum absolute atomic E-state index is 6.29. The standard InChI is InChI=1S/C15H8Cl2IN/c16-14-12-10(9-5-2-1-3-6-9)7-4-8-11(12)13(18)15(17)19-14/h1-8H. The van der Waals surface area contributed by atoms with Gasteiger partial charge in [0.25, 0.3) is 0 Å². The highest BCUT2D eigenvalue weighted by Gasteiger charge is 2.13. The first-order valence-electron chi connectivity index (χ1n) is 5.67. The van der Waals surface area contributed by atoms with Gasteiger partial charge in [0, 0.05) is 10.8 Å². The van der Waals surface area contributed by atoms with E-state index in [1.807, 2.05) is 30.3 Å². The van der Waals surface area contributed by atoms with Crippen LogP contribution in [0.15, 0.2) is 48.5 Å². The lowest BCUT2D eigenvalue weighted by molar-refractivity contribution is 1.34. The largest absolute Gasteiger partial charge is 0.223 e. The molecule has 0 aliphatic carbocycles. The molecule has 0 atom stereocenters. The summed E-state index contributed by atoms with van der Waals surface area (Å²) < 4.78 is 0.927. The van der Waals surface area contributed by atoms with Gasteiger partial charge in [0.15, 0.2) is 0 Å². The van der Waals surface area contributed by atoms with E-state index >= 15 is 0 Å². The summed E-state index contributed by atoms with van der Waals surface area (Å²) in [7, 11) is 0. The molecule has 0 radical (unpaired) electrons. The summed E-state index contributed by atoms with van der Waals surface area (Å²) in [5, 5.41) is 2.87. The minimum Gasteiger partial charge on any atom is -0.223 e. The number of hydrogen-bond acceptors (Lipinski definition) is 1. The summed E-state index contributed by atoms with van der Waals surface area (Å²) in [6.07, 6.45) is 0. The first-order chi connectivity index (χ1) is 9.18. The smallest absolute Gasteiger partial charge is 0.144 e. The van der Waals surface area contributed by atoms with E-state index in [0.29, 0.717) is 10.3 Å². The van der Waals surface area contributed by atoms with Crippen LogP contribution in [0.1, 0.15) is 0 Å². The Bertz CT molecular complexity index is 757. The summed E-state index contributed by atoms with van der Waals surface area (Å²) in [4.78, 5) is 4.21. The molecule has 0 fully saturated rings. The average Bonchev–Trinajstić information content (AvgIpc) is 2.45. The minimum absolute atomic E-state index is 0.444. The highest BCUT2D eigenvalue weighted by atomic mass is 127. The molecular formula is C15H8Cl2IN. The van der Waals surface area contributed by atoms with Crippen molar-refractivity contribution in [3.8, 4) is 11.1 Å². The molecule has 0 aliphatic heterocycles. The van der Waals surface area contributed by atoms with Gasteiger partial charge in [-0.15, -0.1) is 0 Å². The number of fused-ring (bicyclic) bond motifs is 1. The van der Waals surface area contributed by atoms with Crippen molar-refractivity contribution in [2.75, 3.05) is 0 Å². The van der Waals surface area contributed by atoms with Crippen LogP contribution >= 0.6 is 45.8 Å². The fraction of sp³-hybridized carbons (Fsp3) is 0. The van der Waals surface area contributed by atoms with Gasteiger partial charge in [0.05, 0.1) is 3.57 Å². The van der Waals surface area contributed by atoms with Crippen LogP contribution in [0.4, 0.5) is 0 Å². The lowest BCUT2D eigenvalue weighted by Crippen LogP contribution is -1.90. The molecule has 4 heteroatoms. The molecule has 0 saturated carbocycles. The Morgan fingerprint density at radius 3 is 2.32 bits per heavy atom. The van der Waals surface area contributed by atoms with E-state index in [9.17, 15) is 0 Å². The van der Waals surface area contributed by atoms with E-state index in [1.54, 1.807) is 0 Å². The van der Waals surface area contributed by atoms with Gasteiger partial charge < -0.3 is 0 Å². The first-order valence-corrected chi connectivity index (χ1v) is 7.50. The van der Waals surface area contributed by atoms with Crippen LogP contribution in [0.25, 0.3) is 21.9 Å². The van der Waals surface area contributed by atoms with Crippen molar-refractivity contribution in [1.29, 1.82) is 0 Å². The molecule has 0 bridgehead atoms. The predicted octanol–water partition coefficient (Wildman–Crippen LogP) is 5.81. The van der Waals surface area contributed by atoms with E-state index in [0.717, 1.165) is 25.5 Å². The second-order valence-corrected chi connectivity index (χ2v) is 5.90. The predicted molar refractivity (Wildman–Crippen MR) is 89.9 cm³/mol. The topological polar surface area (TPSA) is 12.9 Å². The van der Waals surface area contributed by atoms with Gasteiger partial charge in [-0.3, -0.25) is 0 Å². The number of benzene rings is 2. The van der Waals surface area contributed by atoms with E-state index in [2.05, 4.69) is 45.8 Å². The highest BCUT2D eigenvalue weighted by molar-refractivity contribution is 14.1. The van der Waals surface area contributed by atoms with Crippen molar-refractivity contribution >= 4 is 56.6 Å². The van der Waals surface area contributed by atoms with Crippen molar-refractivity contribution in [2.24, 2.45) is 0 Å². The summed E-state index contributed by atoms with van der Waals surface area (Å²) in [6.45, 7) is 0. The normalized spacial score (nSPS) is 10.9. The van der Waals surface area contributed by atoms with E-state index < -0.39 is 0 Å². The maximum Gasteiger partial charge on any atom is 0.144 e. The zero-order chi connectivity index (χ0) is 13.4. The molecule has 0 amide bonds. The van der Waals surface area contributed by atoms with Gasteiger partial charge in [-0.25, -0.2) is 4.98 Å². The molecule has 94 valence electrons. The third kappa shape index (κ3) is 2.33. The van der Waals surface area contributed by atoms with E-state index in [4.69, 9.17) is 23.2 Å². The fourth-order valence-electron chi connectivity index (χ4n) is 2.12. The Labute approximate surface area is 134 Å². The van der Waals surface area contributed by atoms with E-state index in [-0.39, 0.29) is 0 Å². The molecule has 1 nitrogen and oxygen atoms in total. The molecule has 1 heterocycles. The van der Waals surface area contributed by atoms with Gasteiger partial charge in [-0.2, -0.15) is 0 Å². The van der Waals surface area contributed by atoms with Crippen LogP contribution < -0.4 is 0 Å². The van der Waals surface area contributed by atoms with Crippen LogP contribution in [-0.2, 0) is 0 Å². The molecule has 0 saturated heterocycles. The zero-order valence-electron chi connectivity index (χ0n) is 9.70. The molecule has 0 spiro atoms. The summed E-state index contributed by atoms with van der Waals surface area (Å²) in [6, 6.07) is 16.2. The van der Waals surface area contributed by atoms with Crippen molar-refractivity contribution in [1.82, 2.24) is 4.98 Å². The molecule has 3 aromatic rings. The van der Waals surface area contributed by atoms with Crippen LogP contribution in [0, 0.1) is 3.57 Å². The molecular weight excluding hydrogens is 392 g/mol. The fourth-order valence-corrected chi connectivity index (χ4v) is 3.21. The summed E-state index contributed by atoms with van der Waals surface area (Å²) in [5.41, 5.74) is 2.19. The number of rotatable bonds is 1. The molecule has 1 aromatic heterocycles. The molecule has 0 aliphatic rings. The van der Waals surface area contributed by atoms with Crippen molar-refractivity contribution in [3.05, 3.63) is 62.4 Å². The summed E-state index contributed by atoms with van der Waals surface area (Å²) in [5.74, 6) is 0. The summed E-state index contributed by atoms with van der Waals surface area (Å²) >= 11 is 14.6. The number of pyridine rings is 1. The van der Waals surface area contributed by atoms with Crippen molar-refractivity contribution < 1.29 is 0 Å². The van der Waals surface area contributed by atoms with Gasteiger partial charge in [-0.1, -0.05) is 71.7 Å². The maximum atomic E-state index is 6.29. The first kappa shape index (κ1) is 13.2. The molecule has 0 unspecified atom stereocenters. The Kier molecular flexibility index (Phi) is 3.65. The second kappa shape index (κ2) is 5.27. The minimum atomic E-state index is 0.444. The van der Waals surface area contributed by atoms with Gasteiger partial charge in [0.2, 0.25) is 0 Å². The van der Waals surface area contributed by atoms with Crippen molar-refractivity contribution in [3.63, 3.8) is 0 Å². The Morgan fingerprint density at radius 2 is 1.58 bits per heavy atom. The van der Waals surface area contributed by atoms with Crippen LogP contribution in [0.3, 0.4) is 0 Å². The van der Waals surface area contributed by atoms with Gasteiger partial charge in [-0.05, 0) is 33.7 Å². The number of nitrogens with zero attached hydrogens (tertiary/aromatic N) is 1. The SMILES string of the molecule is Clc1nc(Cl)c2c(-c3ccccc3)cccc2c1I. The number of hydrogen-bond donors (Lipinski definition) is 0. The second-order valence-electron chi connectivity index (χ2n) is 4.10. The lowest BCUT2D eigenvalue weighted by atomic mass is 10.00. The Balaban J connectivity index is 2.42. The number of halogens is 3.